The zero-order valence-corrected chi connectivity index (χ0v) is 15.0. The van der Waals surface area contributed by atoms with Crippen LogP contribution in [0, 0.1) is 6.92 Å². The van der Waals surface area contributed by atoms with E-state index < -0.39 is 0 Å². The molecular formula is C20H21N3OS. The number of anilines is 3. The highest BCUT2D eigenvalue weighted by Crippen LogP contribution is 2.34. The molecule has 0 atom stereocenters. The second kappa shape index (κ2) is 6.84. The number of nitrogens with zero attached hydrogens (tertiary/aromatic N) is 1. The Kier molecular flexibility index (Phi) is 4.40. The lowest BCUT2D eigenvalue weighted by Crippen LogP contribution is -2.32. The van der Waals surface area contributed by atoms with Crippen molar-refractivity contribution in [3.63, 3.8) is 0 Å². The van der Waals surface area contributed by atoms with Crippen LogP contribution < -0.4 is 15.5 Å². The van der Waals surface area contributed by atoms with Gasteiger partial charge in [0, 0.05) is 53.4 Å². The zero-order chi connectivity index (χ0) is 17.2. The molecule has 0 bridgehead atoms. The van der Waals surface area contributed by atoms with Gasteiger partial charge in [0.05, 0.1) is 5.57 Å². The average molecular weight is 351 g/mol. The maximum atomic E-state index is 12.2. The molecule has 0 aliphatic carbocycles. The van der Waals surface area contributed by atoms with Crippen molar-refractivity contribution in [2.24, 2.45) is 0 Å². The lowest BCUT2D eigenvalue weighted by molar-refractivity contribution is -0.110. The first-order valence-electron chi connectivity index (χ1n) is 8.53. The lowest BCUT2D eigenvalue weighted by Gasteiger charge is -2.28. The van der Waals surface area contributed by atoms with E-state index in [2.05, 4.69) is 39.8 Å². The van der Waals surface area contributed by atoms with Crippen molar-refractivity contribution in [1.82, 2.24) is 0 Å². The zero-order valence-electron chi connectivity index (χ0n) is 14.2. The smallest absolute Gasteiger partial charge is 0.257 e. The van der Waals surface area contributed by atoms with Crippen molar-refractivity contribution < 1.29 is 4.79 Å². The van der Waals surface area contributed by atoms with Gasteiger partial charge in [0.2, 0.25) is 0 Å². The van der Waals surface area contributed by atoms with Crippen molar-refractivity contribution in [3.05, 3.63) is 59.8 Å². The predicted molar refractivity (Wildman–Crippen MR) is 107 cm³/mol. The number of aryl methyl sites for hydroxylation is 1. The largest absolute Gasteiger partial charge is 0.370 e. The van der Waals surface area contributed by atoms with E-state index >= 15 is 0 Å². The first-order valence-corrected chi connectivity index (χ1v) is 9.68. The molecule has 0 unspecified atom stereocenters. The second-order valence-electron chi connectivity index (χ2n) is 6.30. The molecule has 2 aromatic carbocycles. The Morgan fingerprint density at radius 3 is 2.64 bits per heavy atom. The third kappa shape index (κ3) is 3.24. The summed E-state index contributed by atoms with van der Waals surface area (Å²) in [5, 5.41) is 6.19. The molecule has 0 spiro atoms. The Hall–Kier alpha value is -2.40. The molecule has 2 N–H and O–H groups in total. The number of nitrogens with one attached hydrogen (secondary N) is 2. The topological polar surface area (TPSA) is 44.4 Å². The van der Waals surface area contributed by atoms with Crippen LogP contribution in [-0.2, 0) is 4.79 Å². The van der Waals surface area contributed by atoms with Crippen LogP contribution in [0.15, 0.2) is 48.7 Å². The fraction of sp³-hybridized carbons (Fsp3) is 0.250. The normalized spacial score (nSPS) is 18.2. The molecule has 0 saturated carbocycles. The number of thioether (sulfide) groups is 1. The quantitative estimate of drug-likeness (QED) is 0.822. The molecule has 2 aromatic rings. The highest BCUT2D eigenvalue weighted by Gasteiger charge is 2.25. The molecule has 2 heterocycles. The van der Waals surface area contributed by atoms with E-state index in [0.717, 1.165) is 35.6 Å². The minimum Gasteiger partial charge on any atom is -0.370 e. The monoisotopic (exact) mass is 351 g/mol. The van der Waals surface area contributed by atoms with Gasteiger partial charge < -0.3 is 15.5 Å². The number of carbonyl (C=O) groups is 1. The minimum atomic E-state index is -0.0563. The third-order valence-electron chi connectivity index (χ3n) is 4.66. The summed E-state index contributed by atoms with van der Waals surface area (Å²) in [6.07, 6.45) is 1.81. The average Bonchev–Trinajstić information content (AvgIpc) is 2.98. The Labute approximate surface area is 152 Å². The molecule has 1 fully saturated rings. The van der Waals surface area contributed by atoms with Crippen LogP contribution in [0.1, 0.15) is 11.1 Å². The number of carbonyl (C=O) groups excluding carboxylic acids is 1. The van der Waals surface area contributed by atoms with Gasteiger partial charge in [0.25, 0.3) is 5.91 Å². The van der Waals surface area contributed by atoms with Crippen LogP contribution in [0.3, 0.4) is 0 Å². The molecule has 4 nitrogen and oxygen atoms in total. The molecule has 0 aromatic heterocycles. The van der Waals surface area contributed by atoms with Crippen LogP contribution in [0.4, 0.5) is 17.1 Å². The third-order valence-corrected chi connectivity index (χ3v) is 5.60. The number of benzene rings is 2. The van der Waals surface area contributed by atoms with Crippen molar-refractivity contribution in [2.45, 2.75) is 6.92 Å². The van der Waals surface area contributed by atoms with Gasteiger partial charge in [-0.25, -0.2) is 0 Å². The summed E-state index contributed by atoms with van der Waals surface area (Å²) in [6.45, 7) is 4.24. The molecular weight excluding hydrogens is 330 g/mol. The highest BCUT2D eigenvalue weighted by molar-refractivity contribution is 7.99. The number of fused-ring (bicyclic) bond motifs is 1. The number of amides is 1. The Morgan fingerprint density at radius 1 is 1.12 bits per heavy atom. The van der Waals surface area contributed by atoms with Crippen LogP contribution >= 0.6 is 11.8 Å². The van der Waals surface area contributed by atoms with E-state index in [-0.39, 0.29) is 5.91 Å². The molecule has 128 valence electrons. The van der Waals surface area contributed by atoms with Crippen LogP contribution in [0.25, 0.3) is 5.57 Å². The van der Waals surface area contributed by atoms with Crippen molar-refractivity contribution in [1.29, 1.82) is 0 Å². The Balaban J connectivity index is 1.51. The van der Waals surface area contributed by atoms with E-state index in [1.54, 1.807) is 6.20 Å². The van der Waals surface area contributed by atoms with E-state index in [0.29, 0.717) is 5.57 Å². The van der Waals surface area contributed by atoms with Crippen LogP contribution in [-0.4, -0.2) is 30.5 Å². The molecule has 0 radical (unpaired) electrons. The van der Waals surface area contributed by atoms with E-state index in [1.165, 1.54) is 17.2 Å². The van der Waals surface area contributed by atoms with Gasteiger partial charge in [-0.3, -0.25) is 4.79 Å². The molecule has 2 aliphatic heterocycles. The van der Waals surface area contributed by atoms with E-state index in [9.17, 15) is 4.79 Å². The van der Waals surface area contributed by atoms with Crippen molar-refractivity contribution in [2.75, 3.05) is 40.1 Å². The summed E-state index contributed by atoms with van der Waals surface area (Å²) in [5.41, 5.74) is 5.90. The van der Waals surface area contributed by atoms with Crippen molar-refractivity contribution in [3.8, 4) is 0 Å². The summed E-state index contributed by atoms with van der Waals surface area (Å²) in [7, 11) is 0. The minimum absolute atomic E-state index is 0.0563. The van der Waals surface area contributed by atoms with Gasteiger partial charge in [-0.15, -0.1) is 0 Å². The summed E-state index contributed by atoms with van der Waals surface area (Å²) in [4.78, 5) is 14.7. The lowest BCUT2D eigenvalue weighted by atomic mass is 10.0. The van der Waals surface area contributed by atoms with Gasteiger partial charge >= 0.3 is 0 Å². The van der Waals surface area contributed by atoms with Crippen LogP contribution in [0.2, 0.25) is 0 Å². The number of hydrogen-bond donors (Lipinski definition) is 2. The molecule has 5 heteroatoms. The standard InChI is InChI=1S/C20H21N3OS/c1-14-3-2-4-18-19(14)17(20(24)22-18)13-21-15-5-7-16(8-6-15)23-9-11-25-12-10-23/h2-8,13,21H,9-12H2,1H3,(H,22,24)/b17-13+. The summed E-state index contributed by atoms with van der Waals surface area (Å²) in [6, 6.07) is 14.4. The van der Waals surface area contributed by atoms with Crippen LogP contribution in [0.5, 0.6) is 0 Å². The first-order chi connectivity index (χ1) is 12.2. The second-order valence-corrected chi connectivity index (χ2v) is 7.52. The summed E-state index contributed by atoms with van der Waals surface area (Å²) in [5.74, 6) is 2.33. The maximum Gasteiger partial charge on any atom is 0.257 e. The summed E-state index contributed by atoms with van der Waals surface area (Å²) < 4.78 is 0. The predicted octanol–water partition coefficient (Wildman–Crippen LogP) is 3.95. The van der Waals surface area contributed by atoms with Gasteiger partial charge in [-0.1, -0.05) is 12.1 Å². The SMILES string of the molecule is Cc1cccc2c1/C(=C\Nc1ccc(N3CCSCC3)cc1)C(=O)N2. The number of hydrogen-bond acceptors (Lipinski definition) is 4. The number of rotatable bonds is 3. The maximum absolute atomic E-state index is 12.2. The Bertz CT molecular complexity index is 823. The molecule has 4 rings (SSSR count). The molecule has 1 amide bonds. The highest BCUT2D eigenvalue weighted by atomic mass is 32.2. The molecule has 25 heavy (non-hydrogen) atoms. The molecule has 2 aliphatic rings. The van der Waals surface area contributed by atoms with Gasteiger partial charge in [-0.2, -0.15) is 11.8 Å². The fourth-order valence-electron chi connectivity index (χ4n) is 3.32. The Morgan fingerprint density at radius 2 is 1.88 bits per heavy atom. The first kappa shape index (κ1) is 16.1. The summed E-state index contributed by atoms with van der Waals surface area (Å²) >= 11 is 2.01. The fourth-order valence-corrected chi connectivity index (χ4v) is 4.22. The van der Waals surface area contributed by atoms with Gasteiger partial charge in [0.1, 0.15) is 0 Å². The van der Waals surface area contributed by atoms with Gasteiger partial charge in [0.15, 0.2) is 0 Å². The van der Waals surface area contributed by atoms with E-state index in [4.69, 9.17) is 0 Å². The van der Waals surface area contributed by atoms with Crippen molar-refractivity contribution >= 4 is 40.3 Å². The van der Waals surface area contributed by atoms with Gasteiger partial charge in [-0.05, 0) is 42.8 Å². The molecule has 1 saturated heterocycles. The van der Waals surface area contributed by atoms with E-state index in [1.807, 2.05) is 36.9 Å².